The standard InChI is InChI=1S/C16H20N4O2/c1-19-9-7-14(18-19)16(21)20-10-8-17-11-15(20)12-3-5-13(22-2)6-4-12/h3-7,9,15,17H,8,10-11H2,1-2H3/t15-/m1/s1. The van der Waals surface area contributed by atoms with E-state index in [9.17, 15) is 4.79 Å². The Morgan fingerprint density at radius 2 is 2.09 bits per heavy atom. The van der Waals surface area contributed by atoms with Crippen LogP contribution in [0.15, 0.2) is 36.5 Å². The van der Waals surface area contributed by atoms with Gasteiger partial charge in [-0.3, -0.25) is 9.48 Å². The minimum absolute atomic E-state index is 0.00848. The van der Waals surface area contributed by atoms with Crippen molar-refractivity contribution in [2.24, 2.45) is 7.05 Å². The van der Waals surface area contributed by atoms with Gasteiger partial charge in [0.25, 0.3) is 5.91 Å². The first-order valence-corrected chi connectivity index (χ1v) is 7.34. The summed E-state index contributed by atoms with van der Waals surface area (Å²) in [7, 11) is 3.46. The van der Waals surface area contributed by atoms with E-state index in [1.54, 1.807) is 24.1 Å². The van der Waals surface area contributed by atoms with Crippen LogP contribution >= 0.6 is 0 Å². The first-order chi connectivity index (χ1) is 10.7. The van der Waals surface area contributed by atoms with Crippen LogP contribution in [0.2, 0.25) is 0 Å². The summed E-state index contributed by atoms with van der Waals surface area (Å²) in [4.78, 5) is 14.6. The van der Waals surface area contributed by atoms with Crippen LogP contribution in [0.5, 0.6) is 5.75 Å². The van der Waals surface area contributed by atoms with Crippen molar-refractivity contribution in [3.63, 3.8) is 0 Å². The number of amides is 1. The Hall–Kier alpha value is -2.34. The van der Waals surface area contributed by atoms with Gasteiger partial charge in [0.15, 0.2) is 0 Å². The van der Waals surface area contributed by atoms with E-state index in [4.69, 9.17) is 4.74 Å². The molecule has 1 aromatic carbocycles. The van der Waals surface area contributed by atoms with Gasteiger partial charge in [-0.15, -0.1) is 0 Å². The van der Waals surface area contributed by atoms with Crippen LogP contribution in [-0.2, 0) is 7.05 Å². The fourth-order valence-electron chi connectivity index (χ4n) is 2.75. The number of piperazine rings is 1. The molecule has 22 heavy (non-hydrogen) atoms. The maximum absolute atomic E-state index is 12.7. The number of carbonyl (C=O) groups excluding carboxylic acids is 1. The maximum Gasteiger partial charge on any atom is 0.274 e. The number of nitrogens with zero attached hydrogens (tertiary/aromatic N) is 3. The normalized spacial score (nSPS) is 18.3. The van der Waals surface area contributed by atoms with E-state index in [0.717, 1.165) is 24.4 Å². The van der Waals surface area contributed by atoms with E-state index in [-0.39, 0.29) is 11.9 Å². The fourth-order valence-corrected chi connectivity index (χ4v) is 2.75. The highest BCUT2D eigenvalue weighted by molar-refractivity contribution is 5.92. The molecule has 1 atom stereocenters. The summed E-state index contributed by atoms with van der Waals surface area (Å²) in [5.74, 6) is 0.790. The lowest BCUT2D eigenvalue weighted by atomic mass is 10.0. The summed E-state index contributed by atoms with van der Waals surface area (Å²) in [6, 6.07) is 9.63. The van der Waals surface area contributed by atoms with Crippen molar-refractivity contribution in [3.05, 3.63) is 47.8 Å². The first kappa shape index (κ1) is 14.6. The minimum atomic E-state index is -0.0251. The van der Waals surface area contributed by atoms with Crippen LogP contribution in [0.3, 0.4) is 0 Å². The molecule has 2 heterocycles. The van der Waals surface area contributed by atoms with E-state index >= 15 is 0 Å². The molecule has 3 rings (SSSR count). The summed E-state index contributed by atoms with van der Waals surface area (Å²) < 4.78 is 6.84. The lowest BCUT2D eigenvalue weighted by Gasteiger charge is -2.36. The topological polar surface area (TPSA) is 59.4 Å². The second-order valence-corrected chi connectivity index (χ2v) is 5.37. The number of aromatic nitrogens is 2. The number of nitrogens with one attached hydrogen (secondary N) is 1. The van der Waals surface area contributed by atoms with Crippen molar-refractivity contribution in [2.75, 3.05) is 26.7 Å². The van der Waals surface area contributed by atoms with Gasteiger partial charge in [0.2, 0.25) is 0 Å². The van der Waals surface area contributed by atoms with Gasteiger partial charge in [-0.2, -0.15) is 5.10 Å². The molecule has 0 unspecified atom stereocenters. The molecule has 0 spiro atoms. The molecule has 6 nitrogen and oxygen atoms in total. The Bertz CT molecular complexity index is 650. The van der Waals surface area contributed by atoms with Gasteiger partial charge >= 0.3 is 0 Å². The lowest BCUT2D eigenvalue weighted by Crippen LogP contribution is -2.48. The van der Waals surface area contributed by atoms with Crippen molar-refractivity contribution < 1.29 is 9.53 Å². The summed E-state index contributed by atoms with van der Waals surface area (Å²) in [5.41, 5.74) is 1.58. The Morgan fingerprint density at radius 3 is 2.73 bits per heavy atom. The molecule has 1 aliphatic heterocycles. The van der Waals surface area contributed by atoms with Gasteiger partial charge in [-0.05, 0) is 23.8 Å². The van der Waals surface area contributed by atoms with Crippen LogP contribution in [0.1, 0.15) is 22.1 Å². The van der Waals surface area contributed by atoms with Crippen LogP contribution in [-0.4, -0.2) is 47.3 Å². The second kappa shape index (κ2) is 6.19. The summed E-state index contributed by atoms with van der Waals surface area (Å²) in [6.45, 7) is 2.21. The van der Waals surface area contributed by atoms with Gasteiger partial charge in [0.1, 0.15) is 11.4 Å². The largest absolute Gasteiger partial charge is 0.497 e. The highest BCUT2D eigenvalue weighted by Crippen LogP contribution is 2.25. The maximum atomic E-state index is 12.7. The van der Waals surface area contributed by atoms with E-state index in [0.29, 0.717) is 12.2 Å². The number of ether oxygens (including phenoxy) is 1. The van der Waals surface area contributed by atoms with Crippen molar-refractivity contribution >= 4 is 5.91 Å². The molecule has 1 saturated heterocycles. The van der Waals surface area contributed by atoms with Crippen LogP contribution < -0.4 is 10.1 Å². The Kier molecular flexibility index (Phi) is 4.11. The number of aryl methyl sites for hydroxylation is 1. The Balaban J connectivity index is 1.85. The van der Waals surface area contributed by atoms with E-state index in [1.165, 1.54) is 0 Å². The predicted molar refractivity (Wildman–Crippen MR) is 82.8 cm³/mol. The number of carbonyl (C=O) groups is 1. The fraction of sp³-hybridized carbons (Fsp3) is 0.375. The zero-order valence-corrected chi connectivity index (χ0v) is 12.8. The third kappa shape index (κ3) is 2.82. The van der Waals surface area contributed by atoms with Gasteiger partial charge in [0, 0.05) is 32.9 Å². The smallest absolute Gasteiger partial charge is 0.274 e. The molecular weight excluding hydrogens is 280 g/mol. The van der Waals surface area contributed by atoms with Crippen molar-refractivity contribution in [1.82, 2.24) is 20.0 Å². The van der Waals surface area contributed by atoms with E-state index < -0.39 is 0 Å². The Morgan fingerprint density at radius 1 is 1.32 bits per heavy atom. The molecule has 0 aliphatic carbocycles. The molecule has 6 heteroatoms. The number of hydrogen-bond donors (Lipinski definition) is 1. The molecule has 1 aliphatic rings. The lowest BCUT2D eigenvalue weighted by molar-refractivity contribution is 0.0627. The molecule has 1 amide bonds. The monoisotopic (exact) mass is 300 g/mol. The minimum Gasteiger partial charge on any atom is -0.497 e. The zero-order chi connectivity index (χ0) is 15.5. The average molecular weight is 300 g/mol. The van der Waals surface area contributed by atoms with Crippen LogP contribution in [0.25, 0.3) is 0 Å². The summed E-state index contributed by atoms with van der Waals surface area (Å²) in [6.07, 6.45) is 1.79. The quantitative estimate of drug-likeness (QED) is 0.926. The van der Waals surface area contributed by atoms with Crippen molar-refractivity contribution in [3.8, 4) is 5.75 Å². The van der Waals surface area contributed by atoms with Crippen LogP contribution in [0, 0.1) is 0 Å². The molecule has 1 aromatic heterocycles. The number of hydrogen-bond acceptors (Lipinski definition) is 4. The second-order valence-electron chi connectivity index (χ2n) is 5.37. The van der Waals surface area contributed by atoms with Gasteiger partial charge in [-0.25, -0.2) is 0 Å². The van der Waals surface area contributed by atoms with Crippen LogP contribution in [0.4, 0.5) is 0 Å². The van der Waals surface area contributed by atoms with Crippen molar-refractivity contribution in [2.45, 2.75) is 6.04 Å². The Labute approximate surface area is 129 Å². The summed E-state index contributed by atoms with van der Waals surface area (Å²) >= 11 is 0. The highest BCUT2D eigenvalue weighted by atomic mass is 16.5. The number of benzene rings is 1. The number of methoxy groups -OCH3 is 1. The highest BCUT2D eigenvalue weighted by Gasteiger charge is 2.29. The molecule has 0 radical (unpaired) electrons. The molecule has 116 valence electrons. The SMILES string of the molecule is COc1ccc([C@H]2CNCCN2C(=O)c2ccn(C)n2)cc1. The molecule has 0 saturated carbocycles. The first-order valence-electron chi connectivity index (χ1n) is 7.34. The third-order valence-electron chi connectivity index (χ3n) is 3.94. The van der Waals surface area contributed by atoms with Crippen molar-refractivity contribution in [1.29, 1.82) is 0 Å². The molecular formula is C16H20N4O2. The zero-order valence-electron chi connectivity index (χ0n) is 12.8. The predicted octanol–water partition coefficient (Wildman–Crippen LogP) is 1.22. The summed E-state index contributed by atoms with van der Waals surface area (Å²) in [5, 5.41) is 7.58. The van der Waals surface area contributed by atoms with Gasteiger partial charge in [-0.1, -0.05) is 12.1 Å². The molecule has 2 aromatic rings. The molecule has 1 fully saturated rings. The van der Waals surface area contributed by atoms with E-state index in [1.807, 2.05) is 36.2 Å². The van der Waals surface area contributed by atoms with Gasteiger partial charge < -0.3 is 15.0 Å². The molecule has 1 N–H and O–H groups in total. The number of rotatable bonds is 3. The molecule has 0 bridgehead atoms. The third-order valence-corrected chi connectivity index (χ3v) is 3.94. The van der Waals surface area contributed by atoms with E-state index in [2.05, 4.69) is 10.4 Å². The van der Waals surface area contributed by atoms with Gasteiger partial charge in [0.05, 0.1) is 13.2 Å². The average Bonchev–Trinajstić information content (AvgIpc) is 3.01.